The molecule has 24 heavy (non-hydrogen) atoms. The molecule has 1 heterocycles. The third-order valence-corrected chi connectivity index (χ3v) is 5.16. The van der Waals surface area contributed by atoms with Crippen LogP contribution >= 0.6 is 11.8 Å². The first-order valence-corrected chi connectivity index (χ1v) is 9.61. The van der Waals surface area contributed by atoms with E-state index in [1.807, 2.05) is 32.0 Å². The molecule has 4 nitrogen and oxygen atoms in total. The maximum atomic E-state index is 13.0. The summed E-state index contributed by atoms with van der Waals surface area (Å²) in [7, 11) is 0. The van der Waals surface area contributed by atoms with Crippen LogP contribution in [0.2, 0.25) is 0 Å². The van der Waals surface area contributed by atoms with Gasteiger partial charge in [0.25, 0.3) is 5.91 Å². The molecule has 1 fully saturated rings. The molecule has 1 amide bonds. The van der Waals surface area contributed by atoms with Crippen molar-refractivity contribution in [2.24, 2.45) is 11.8 Å². The first-order valence-electron chi connectivity index (χ1n) is 8.56. The van der Waals surface area contributed by atoms with Crippen molar-refractivity contribution in [3.05, 3.63) is 35.9 Å². The van der Waals surface area contributed by atoms with Crippen LogP contribution in [0.25, 0.3) is 0 Å². The Morgan fingerprint density at radius 3 is 2.42 bits per heavy atom. The van der Waals surface area contributed by atoms with Crippen molar-refractivity contribution in [2.75, 3.05) is 12.4 Å². The molecule has 0 N–H and O–H groups in total. The lowest BCUT2D eigenvalue weighted by atomic mass is 10.1. The Bertz CT molecular complexity index is 559. The quantitative estimate of drug-likeness (QED) is 0.733. The fraction of sp³-hybridized carbons (Fsp3) is 0.579. The maximum absolute atomic E-state index is 13.0. The zero-order valence-electron chi connectivity index (χ0n) is 14.9. The summed E-state index contributed by atoms with van der Waals surface area (Å²) >= 11 is 1.68. The summed E-state index contributed by atoms with van der Waals surface area (Å²) in [5, 5.41) is 0.0225. The van der Waals surface area contributed by atoms with Gasteiger partial charge in [-0.2, -0.15) is 0 Å². The average molecular weight is 349 g/mol. The highest BCUT2D eigenvalue weighted by atomic mass is 32.2. The van der Waals surface area contributed by atoms with Crippen LogP contribution in [0.3, 0.4) is 0 Å². The number of hydrogen-bond acceptors (Lipinski definition) is 4. The van der Waals surface area contributed by atoms with Gasteiger partial charge in [-0.15, -0.1) is 11.8 Å². The summed E-state index contributed by atoms with van der Waals surface area (Å²) in [4.78, 5) is 27.2. The van der Waals surface area contributed by atoms with Crippen LogP contribution in [0.4, 0.5) is 0 Å². The van der Waals surface area contributed by atoms with E-state index in [0.29, 0.717) is 23.8 Å². The molecule has 5 heteroatoms. The molecule has 0 radical (unpaired) electrons. The molecule has 132 valence electrons. The summed E-state index contributed by atoms with van der Waals surface area (Å²) in [6.07, 6.45) is 0.872. The molecule has 0 aliphatic carbocycles. The number of nitrogens with zero attached hydrogens (tertiary/aromatic N) is 1. The Morgan fingerprint density at radius 1 is 1.17 bits per heavy atom. The smallest absolute Gasteiger partial charge is 0.329 e. The number of thioether (sulfide) groups is 1. The Labute approximate surface area is 148 Å². The van der Waals surface area contributed by atoms with E-state index in [2.05, 4.69) is 13.8 Å². The van der Waals surface area contributed by atoms with Crippen LogP contribution in [-0.4, -0.2) is 40.6 Å². The van der Waals surface area contributed by atoms with E-state index in [0.717, 1.165) is 6.42 Å². The van der Waals surface area contributed by atoms with Crippen molar-refractivity contribution in [1.82, 2.24) is 4.90 Å². The fourth-order valence-electron chi connectivity index (χ4n) is 2.68. The van der Waals surface area contributed by atoms with Gasteiger partial charge < -0.3 is 9.64 Å². The molecule has 2 rings (SSSR count). The zero-order valence-corrected chi connectivity index (χ0v) is 15.7. The Morgan fingerprint density at radius 2 is 1.83 bits per heavy atom. The zero-order chi connectivity index (χ0) is 17.7. The van der Waals surface area contributed by atoms with Gasteiger partial charge in [-0.3, -0.25) is 4.79 Å². The molecule has 1 saturated heterocycles. The van der Waals surface area contributed by atoms with Crippen LogP contribution in [0.15, 0.2) is 30.3 Å². The molecule has 0 aromatic heterocycles. The number of hydrogen-bond donors (Lipinski definition) is 0. The largest absolute Gasteiger partial charge is 0.464 e. The number of benzene rings is 1. The number of ether oxygens (including phenoxy) is 1. The summed E-state index contributed by atoms with van der Waals surface area (Å²) in [6, 6.07) is 8.68. The number of esters is 1. The SMILES string of the molecule is CC(C)COC(=O)[C@@H]1CS[C@H](CC(C)C)N1C(=O)c1ccccc1. The second kappa shape index (κ2) is 8.56. The molecule has 1 aromatic rings. The van der Waals surface area contributed by atoms with E-state index in [-0.39, 0.29) is 23.2 Å². The molecule has 0 bridgehead atoms. The monoisotopic (exact) mass is 349 g/mol. The van der Waals surface area contributed by atoms with Gasteiger partial charge in [0.2, 0.25) is 0 Å². The molecule has 0 spiro atoms. The molecule has 0 unspecified atom stereocenters. The number of rotatable bonds is 6. The second-order valence-electron chi connectivity index (χ2n) is 7.04. The number of carbonyl (C=O) groups excluding carboxylic acids is 2. The minimum Gasteiger partial charge on any atom is -0.464 e. The van der Waals surface area contributed by atoms with Gasteiger partial charge in [-0.1, -0.05) is 45.9 Å². The van der Waals surface area contributed by atoms with Gasteiger partial charge in [0.1, 0.15) is 6.04 Å². The predicted octanol–water partition coefficient (Wildman–Crippen LogP) is 3.82. The molecule has 0 saturated carbocycles. The third-order valence-electron chi connectivity index (χ3n) is 3.85. The van der Waals surface area contributed by atoms with E-state index in [4.69, 9.17) is 4.74 Å². The highest BCUT2D eigenvalue weighted by Gasteiger charge is 2.42. The summed E-state index contributed by atoms with van der Waals surface area (Å²) < 4.78 is 5.41. The lowest BCUT2D eigenvalue weighted by Crippen LogP contribution is -2.46. The summed E-state index contributed by atoms with van der Waals surface area (Å²) in [5.74, 6) is 0.976. The van der Waals surface area contributed by atoms with Crippen molar-refractivity contribution in [1.29, 1.82) is 0 Å². The second-order valence-corrected chi connectivity index (χ2v) is 8.25. The topological polar surface area (TPSA) is 46.6 Å². The van der Waals surface area contributed by atoms with Crippen molar-refractivity contribution < 1.29 is 14.3 Å². The van der Waals surface area contributed by atoms with Gasteiger partial charge in [-0.25, -0.2) is 4.79 Å². The van der Waals surface area contributed by atoms with Crippen molar-refractivity contribution in [2.45, 2.75) is 45.5 Å². The van der Waals surface area contributed by atoms with Crippen LogP contribution in [0, 0.1) is 11.8 Å². The van der Waals surface area contributed by atoms with Crippen LogP contribution in [0.1, 0.15) is 44.5 Å². The highest BCUT2D eigenvalue weighted by Crippen LogP contribution is 2.35. The Balaban J connectivity index is 2.20. The van der Waals surface area contributed by atoms with E-state index in [1.54, 1.807) is 28.8 Å². The van der Waals surface area contributed by atoms with Gasteiger partial charge >= 0.3 is 5.97 Å². The van der Waals surface area contributed by atoms with E-state index in [9.17, 15) is 9.59 Å². The lowest BCUT2D eigenvalue weighted by molar-refractivity contribution is -0.149. The van der Waals surface area contributed by atoms with Crippen LogP contribution in [-0.2, 0) is 9.53 Å². The molecule has 2 atom stereocenters. The Hall–Kier alpha value is -1.49. The van der Waals surface area contributed by atoms with Crippen molar-refractivity contribution in [3.8, 4) is 0 Å². The first-order chi connectivity index (χ1) is 11.4. The minimum atomic E-state index is -0.495. The van der Waals surface area contributed by atoms with E-state index >= 15 is 0 Å². The average Bonchev–Trinajstić information content (AvgIpc) is 2.95. The molecule has 1 aliphatic heterocycles. The molecule has 1 aliphatic rings. The standard InChI is InChI=1S/C19H27NO3S/c1-13(2)10-17-20(18(21)15-8-6-5-7-9-15)16(12-24-17)19(22)23-11-14(3)4/h5-9,13-14,16-17H,10-12H2,1-4H3/t16-,17+/m0/s1. The number of amides is 1. The van der Waals surface area contributed by atoms with E-state index in [1.165, 1.54) is 0 Å². The highest BCUT2D eigenvalue weighted by molar-refractivity contribution is 8.00. The summed E-state index contributed by atoms with van der Waals surface area (Å²) in [6.45, 7) is 8.67. The Kier molecular flexibility index (Phi) is 6.72. The van der Waals surface area contributed by atoms with Gasteiger partial charge in [-0.05, 0) is 30.4 Å². The third kappa shape index (κ3) is 4.76. The normalized spacial score (nSPS) is 20.7. The number of carbonyl (C=O) groups is 2. The van der Waals surface area contributed by atoms with Crippen molar-refractivity contribution in [3.63, 3.8) is 0 Å². The van der Waals surface area contributed by atoms with Crippen molar-refractivity contribution >= 4 is 23.6 Å². The minimum absolute atomic E-state index is 0.0225. The fourth-order valence-corrected chi connectivity index (χ4v) is 4.30. The molecule has 1 aromatic carbocycles. The van der Waals surface area contributed by atoms with Crippen LogP contribution < -0.4 is 0 Å². The summed E-state index contributed by atoms with van der Waals surface area (Å²) in [5.41, 5.74) is 0.621. The lowest BCUT2D eigenvalue weighted by Gasteiger charge is -2.29. The van der Waals surface area contributed by atoms with E-state index < -0.39 is 6.04 Å². The van der Waals surface area contributed by atoms with Crippen LogP contribution in [0.5, 0.6) is 0 Å². The predicted molar refractivity (Wildman–Crippen MR) is 97.9 cm³/mol. The van der Waals surface area contributed by atoms with Gasteiger partial charge in [0.05, 0.1) is 12.0 Å². The first kappa shape index (κ1) is 18.8. The molecular formula is C19H27NO3S. The van der Waals surface area contributed by atoms with Gasteiger partial charge in [0, 0.05) is 11.3 Å². The van der Waals surface area contributed by atoms with Gasteiger partial charge in [0.15, 0.2) is 0 Å². The molecular weight excluding hydrogens is 322 g/mol. The maximum Gasteiger partial charge on any atom is 0.329 e.